The number of benzene rings is 1. The van der Waals surface area contributed by atoms with Crippen LogP contribution in [0.5, 0.6) is 0 Å². The third-order valence-corrected chi connectivity index (χ3v) is 2.95. The van der Waals surface area contributed by atoms with Crippen molar-refractivity contribution in [2.75, 3.05) is 0 Å². The van der Waals surface area contributed by atoms with Gasteiger partial charge in [-0.05, 0) is 30.7 Å². The predicted molar refractivity (Wildman–Crippen MR) is 71.2 cm³/mol. The van der Waals surface area contributed by atoms with E-state index in [1.807, 2.05) is 0 Å². The molecule has 6 heteroatoms. The number of aromatic carboxylic acids is 1. The monoisotopic (exact) mass is 278 g/mol. The molecule has 98 valence electrons. The van der Waals surface area contributed by atoms with Crippen LogP contribution in [0.3, 0.4) is 0 Å². The standard InChI is InChI=1S/C13H11ClN2O3/c1-2-10-12(13(18)19)11(17)7-15-16(10)9-5-3-8(14)4-6-9/h3-7H,2H2,1H3,(H,18,19). The summed E-state index contributed by atoms with van der Waals surface area (Å²) >= 11 is 5.81. The number of carboxylic acids is 1. The smallest absolute Gasteiger partial charge is 0.341 e. The molecule has 1 aromatic heterocycles. The van der Waals surface area contributed by atoms with Crippen LogP contribution in [0.4, 0.5) is 0 Å². The van der Waals surface area contributed by atoms with Gasteiger partial charge in [0.25, 0.3) is 0 Å². The van der Waals surface area contributed by atoms with Crippen molar-refractivity contribution in [3.05, 3.63) is 57.0 Å². The van der Waals surface area contributed by atoms with Gasteiger partial charge in [-0.2, -0.15) is 5.10 Å². The molecule has 2 rings (SSSR count). The molecule has 0 radical (unpaired) electrons. The number of hydrogen-bond donors (Lipinski definition) is 1. The van der Waals surface area contributed by atoms with Crippen LogP contribution in [-0.2, 0) is 6.42 Å². The van der Waals surface area contributed by atoms with Crippen LogP contribution < -0.4 is 5.43 Å². The maximum atomic E-state index is 11.6. The lowest BCUT2D eigenvalue weighted by atomic mass is 10.1. The number of aromatic nitrogens is 2. The van der Waals surface area contributed by atoms with E-state index < -0.39 is 11.4 Å². The topological polar surface area (TPSA) is 72.2 Å². The Morgan fingerprint density at radius 2 is 2.00 bits per heavy atom. The highest BCUT2D eigenvalue weighted by Gasteiger charge is 2.17. The Morgan fingerprint density at radius 3 is 2.53 bits per heavy atom. The van der Waals surface area contributed by atoms with Crippen molar-refractivity contribution in [2.24, 2.45) is 0 Å². The first-order valence-corrected chi connectivity index (χ1v) is 6.02. The van der Waals surface area contributed by atoms with Crippen LogP contribution in [0.1, 0.15) is 23.0 Å². The fraction of sp³-hybridized carbons (Fsp3) is 0.154. The van der Waals surface area contributed by atoms with Crippen molar-refractivity contribution >= 4 is 17.6 Å². The van der Waals surface area contributed by atoms with E-state index >= 15 is 0 Å². The maximum absolute atomic E-state index is 11.6. The summed E-state index contributed by atoms with van der Waals surface area (Å²) in [6, 6.07) is 6.78. The van der Waals surface area contributed by atoms with Crippen molar-refractivity contribution in [3.63, 3.8) is 0 Å². The Hall–Kier alpha value is -2.14. The van der Waals surface area contributed by atoms with Gasteiger partial charge in [0.05, 0.1) is 17.6 Å². The molecule has 0 aliphatic carbocycles. The first kappa shape index (κ1) is 13.3. The van der Waals surface area contributed by atoms with Gasteiger partial charge >= 0.3 is 5.97 Å². The molecular weight excluding hydrogens is 268 g/mol. The molecule has 1 heterocycles. The number of halogens is 1. The minimum Gasteiger partial charge on any atom is -0.477 e. The van der Waals surface area contributed by atoms with Gasteiger partial charge in [0.15, 0.2) is 0 Å². The first-order valence-electron chi connectivity index (χ1n) is 5.65. The van der Waals surface area contributed by atoms with Crippen LogP contribution in [0.2, 0.25) is 5.02 Å². The normalized spacial score (nSPS) is 10.4. The van der Waals surface area contributed by atoms with E-state index in [9.17, 15) is 9.59 Å². The van der Waals surface area contributed by atoms with E-state index in [-0.39, 0.29) is 5.56 Å². The van der Waals surface area contributed by atoms with Crippen molar-refractivity contribution in [1.82, 2.24) is 9.78 Å². The van der Waals surface area contributed by atoms with Crippen molar-refractivity contribution in [2.45, 2.75) is 13.3 Å². The summed E-state index contributed by atoms with van der Waals surface area (Å²) in [5.74, 6) is -1.24. The van der Waals surface area contributed by atoms with Gasteiger partial charge in [-0.15, -0.1) is 0 Å². The molecule has 19 heavy (non-hydrogen) atoms. The lowest BCUT2D eigenvalue weighted by Gasteiger charge is -2.12. The fourth-order valence-corrected chi connectivity index (χ4v) is 1.98. The number of rotatable bonds is 3. The molecule has 0 amide bonds. The SMILES string of the molecule is CCc1c(C(=O)O)c(=O)cnn1-c1ccc(Cl)cc1. The lowest BCUT2D eigenvalue weighted by Crippen LogP contribution is -2.23. The Kier molecular flexibility index (Phi) is 3.66. The van der Waals surface area contributed by atoms with E-state index in [2.05, 4.69) is 5.10 Å². The average Bonchev–Trinajstić information content (AvgIpc) is 2.39. The molecular formula is C13H11ClN2O3. The number of nitrogens with zero attached hydrogens (tertiary/aromatic N) is 2. The summed E-state index contributed by atoms with van der Waals surface area (Å²) in [6.45, 7) is 1.77. The largest absolute Gasteiger partial charge is 0.477 e. The molecule has 0 fully saturated rings. The average molecular weight is 279 g/mol. The lowest BCUT2D eigenvalue weighted by molar-refractivity contribution is 0.0693. The van der Waals surface area contributed by atoms with E-state index in [1.54, 1.807) is 31.2 Å². The van der Waals surface area contributed by atoms with Crippen LogP contribution in [0.25, 0.3) is 5.69 Å². The van der Waals surface area contributed by atoms with Crippen molar-refractivity contribution in [3.8, 4) is 5.69 Å². The zero-order valence-electron chi connectivity index (χ0n) is 10.1. The predicted octanol–water partition coefficient (Wildman–Crippen LogP) is 2.15. The van der Waals surface area contributed by atoms with E-state index in [4.69, 9.17) is 16.7 Å². The van der Waals surface area contributed by atoms with Gasteiger partial charge in [-0.1, -0.05) is 18.5 Å². The molecule has 5 nitrogen and oxygen atoms in total. The third kappa shape index (κ3) is 2.51. The molecule has 0 saturated carbocycles. The van der Waals surface area contributed by atoms with Crippen LogP contribution in [0, 0.1) is 0 Å². The molecule has 0 saturated heterocycles. The van der Waals surface area contributed by atoms with Crippen LogP contribution in [0.15, 0.2) is 35.3 Å². The highest BCUT2D eigenvalue weighted by Crippen LogP contribution is 2.15. The van der Waals surface area contributed by atoms with E-state index in [0.717, 1.165) is 6.20 Å². The van der Waals surface area contributed by atoms with Gasteiger partial charge in [0.2, 0.25) is 5.43 Å². The second-order valence-corrected chi connectivity index (χ2v) is 4.31. The molecule has 1 aromatic carbocycles. The van der Waals surface area contributed by atoms with Gasteiger partial charge in [0, 0.05) is 5.02 Å². The zero-order chi connectivity index (χ0) is 14.0. The first-order chi connectivity index (χ1) is 9.04. The molecule has 2 aromatic rings. The van der Waals surface area contributed by atoms with Gasteiger partial charge in [0.1, 0.15) is 5.56 Å². The summed E-state index contributed by atoms with van der Waals surface area (Å²) in [7, 11) is 0. The Labute approximate surface area is 114 Å². The summed E-state index contributed by atoms with van der Waals surface area (Å²) < 4.78 is 1.45. The number of carbonyl (C=O) groups is 1. The van der Waals surface area contributed by atoms with Gasteiger partial charge in [-0.25, -0.2) is 9.48 Å². The molecule has 0 bridgehead atoms. The highest BCUT2D eigenvalue weighted by molar-refractivity contribution is 6.30. The summed E-state index contributed by atoms with van der Waals surface area (Å²) in [5.41, 5.74) is 0.188. The molecule has 0 unspecified atom stereocenters. The van der Waals surface area contributed by atoms with Gasteiger partial charge in [-0.3, -0.25) is 4.79 Å². The number of carboxylic acid groups (broad SMARTS) is 1. The molecule has 0 aliphatic heterocycles. The summed E-state index contributed by atoms with van der Waals surface area (Å²) in [6.07, 6.45) is 1.39. The minimum atomic E-state index is -1.24. The zero-order valence-corrected chi connectivity index (χ0v) is 10.9. The van der Waals surface area contributed by atoms with Crippen molar-refractivity contribution < 1.29 is 9.90 Å². The quantitative estimate of drug-likeness (QED) is 0.934. The molecule has 1 N–H and O–H groups in total. The maximum Gasteiger partial charge on any atom is 0.341 e. The van der Waals surface area contributed by atoms with E-state index in [0.29, 0.717) is 22.8 Å². The van der Waals surface area contributed by atoms with Crippen LogP contribution in [-0.4, -0.2) is 20.9 Å². The highest BCUT2D eigenvalue weighted by atomic mass is 35.5. The minimum absolute atomic E-state index is 0.243. The second-order valence-electron chi connectivity index (χ2n) is 3.88. The third-order valence-electron chi connectivity index (χ3n) is 2.70. The molecule has 0 atom stereocenters. The van der Waals surface area contributed by atoms with Crippen LogP contribution >= 0.6 is 11.6 Å². The molecule has 0 aliphatic rings. The second kappa shape index (κ2) is 5.24. The molecule has 0 spiro atoms. The van der Waals surface area contributed by atoms with Crippen molar-refractivity contribution in [1.29, 1.82) is 0 Å². The Morgan fingerprint density at radius 1 is 1.37 bits per heavy atom. The van der Waals surface area contributed by atoms with Gasteiger partial charge < -0.3 is 5.11 Å². The Balaban J connectivity index is 2.71. The fourth-order valence-electron chi connectivity index (χ4n) is 1.85. The Bertz CT molecular complexity index is 677. The van der Waals surface area contributed by atoms with E-state index in [1.165, 1.54) is 4.68 Å². The summed E-state index contributed by atoms with van der Waals surface area (Å²) in [4.78, 5) is 22.8. The summed E-state index contributed by atoms with van der Waals surface area (Å²) in [5, 5.41) is 13.7. The number of hydrogen-bond acceptors (Lipinski definition) is 3.